The summed E-state index contributed by atoms with van der Waals surface area (Å²) >= 11 is 0. The first-order chi connectivity index (χ1) is 13.4. The first-order valence-electron chi connectivity index (χ1n) is 8.66. The van der Waals surface area contributed by atoms with Crippen LogP contribution in [0.3, 0.4) is 0 Å². The fourth-order valence-electron chi connectivity index (χ4n) is 2.94. The normalized spacial score (nSPS) is 16.3. The molecule has 1 aliphatic rings. The molecule has 8 heteroatoms. The molecule has 6 nitrogen and oxygen atoms in total. The molecule has 146 valence electrons. The SMILES string of the molecule is CCOc1ccc(C2NC(=O)NC(C)=C2C(=O)Nc2ccc(F)c(F)c2)cc1. The zero-order chi connectivity index (χ0) is 20.3. The van der Waals surface area contributed by atoms with Gasteiger partial charge in [0.05, 0.1) is 18.2 Å². The number of anilines is 1. The van der Waals surface area contributed by atoms with Crippen LogP contribution < -0.4 is 20.7 Å². The predicted molar refractivity (Wildman–Crippen MR) is 99.7 cm³/mol. The third-order valence-electron chi connectivity index (χ3n) is 4.22. The number of halogens is 2. The lowest BCUT2D eigenvalue weighted by atomic mass is 9.94. The van der Waals surface area contributed by atoms with E-state index in [2.05, 4.69) is 16.0 Å². The van der Waals surface area contributed by atoms with Gasteiger partial charge in [-0.1, -0.05) is 12.1 Å². The van der Waals surface area contributed by atoms with Crippen LogP contribution in [0.2, 0.25) is 0 Å². The first kappa shape index (κ1) is 19.3. The second-order valence-corrected chi connectivity index (χ2v) is 6.16. The highest BCUT2D eigenvalue weighted by Gasteiger charge is 2.31. The number of ether oxygens (including phenoxy) is 1. The number of hydrogen-bond donors (Lipinski definition) is 3. The Bertz CT molecular complexity index is 942. The maximum Gasteiger partial charge on any atom is 0.319 e. The zero-order valence-electron chi connectivity index (χ0n) is 15.3. The van der Waals surface area contributed by atoms with Crippen LogP contribution in [-0.4, -0.2) is 18.5 Å². The summed E-state index contributed by atoms with van der Waals surface area (Å²) in [5, 5.41) is 7.80. The van der Waals surface area contributed by atoms with E-state index in [1.54, 1.807) is 31.2 Å². The summed E-state index contributed by atoms with van der Waals surface area (Å²) in [7, 11) is 0. The average Bonchev–Trinajstić information content (AvgIpc) is 2.65. The van der Waals surface area contributed by atoms with Crippen molar-refractivity contribution < 1.29 is 23.1 Å². The van der Waals surface area contributed by atoms with Crippen LogP contribution in [0.25, 0.3) is 0 Å². The molecule has 3 N–H and O–H groups in total. The van der Waals surface area contributed by atoms with Crippen LogP contribution in [0.15, 0.2) is 53.7 Å². The molecule has 1 aliphatic heterocycles. The molecule has 0 aromatic heterocycles. The van der Waals surface area contributed by atoms with Gasteiger partial charge < -0.3 is 20.7 Å². The fraction of sp³-hybridized carbons (Fsp3) is 0.200. The van der Waals surface area contributed by atoms with Crippen LogP contribution in [0.5, 0.6) is 5.75 Å². The van der Waals surface area contributed by atoms with Crippen molar-refractivity contribution in [2.75, 3.05) is 11.9 Å². The largest absolute Gasteiger partial charge is 0.494 e. The van der Waals surface area contributed by atoms with E-state index < -0.39 is 29.6 Å². The molecule has 1 atom stereocenters. The molecular formula is C20H19F2N3O3. The zero-order valence-corrected chi connectivity index (χ0v) is 15.3. The van der Waals surface area contributed by atoms with Crippen LogP contribution in [0.1, 0.15) is 25.5 Å². The molecule has 0 bridgehead atoms. The minimum absolute atomic E-state index is 0.103. The number of allylic oxidation sites excluding steroid dienone is 1. The Hall–Kier alpha value is -3.42. The molecule has 0 spiro atoms. The summed E-state index contributed by atoms with van der Waals surface area (Å²) in [5.74, 6) is -1.95. The summed E-state index contributed by atoms with van der Waals surface area (Å²) < 4.78 is 31.9. The summed E-state index contributed by atoms with van der Waals surface area (Å²) in [5.41, 5.74) is 1.40. The Labute approximate surface area is 160 Å². The Kier molecular flexibility index (Phi) is 5.58. The van der Waals surface area contributed by atoms with E-state index in [4.69, 9.17) is 4.74 Å². The van der Waals surface area contributed by atoms with Crippen molar-refractivity contribution >= 4 is 17.6 Å². The van der Waals surface area contributed by atoms with Crippen molar-refractivity contribution in [3.05, 3.63) is 70.9 Å². The van der Waals surface area contributed by atoms with Crippen LogP contribution in [0.4, 0.5) is 19.3 Å². The molecular weight excluding hydrogens is 368 g/mol. The third-order valence-corrected chi connectivity index (χ3v) is 4.22. The molecule has 0 radical (unpaired) electrons. The quantitative estimate of drug-likeness (QED) is 0.733. The number of carbonyl (C=O) groups is 2. The number of carbonyl (C=O) groups excluding carboxylic acids is 2. The van der Waals surface area contributed by atoms with E-state index in [0.717, 1.165) is 12.1 Å². The Morgan fingerprint density at radius 2 is 1.86 bits per heavy atom. The number of benzene rings is 2. The first-order valence-corrected chi connectivity index (χ1v) is 8.66. The van der Waals surface area contributed by atoms with Gasteiger partial charge >= 0.3 is 6.03 Å². The number of rotatable bonds is 5. The number of urea groups is 1. The fourth-order valence-corrected chi connectivity index (χ4v) is 2.94. The van der Waals surface area contributed by atoms with E-state index in [1.165, 1.54) is 6.07 Å². The minimum atomic E-state index is -1.07. The monoisotopic (exact) mass is 387 g/mol. The summed E-state index contributed by atoms with van der Waals surface area (Å²) in [6.07, 6.45) is 0. The Morgan fingerprint density at radius 1 is 1.14 bits per heavy atom. The molecule has 0 aliphatic carbocycles. The maximum atomic E-state index is 13.4. The van der Waals surface area contributed by atoms with Crippen molar-refractivity contribution in [1.29, 1.82) is 0 Å². The van der Waals surface area contributed by atoms with Gasteiger partial charge in [0, 0.05) is 17.5 Å². The highest BCUT2D eigenvalue weighted by Crippen LogP contribution is 2.29. The van der Waals surface area contributed by atoms with Gasteiger partial charge in [0.15, 0.2) is 11.6 Å². The van der Waals surface area contributed by atoms with E-state index >= 15 is 0 Å². The highest BCUT2D eigenvalue weighted by atomic mass is 19.2. The van der Waals surface area contributed by atoms with Crippen LogP contribution >= 0.6 is 0 Å². The molecule has 0 fully saturated rings. The van der Waals surface area contributed by atoms with Gasteiger partial charge in [0.25, 0.3) is 5.91 Å². The third kappa shape index (κ3) is 4.11. The van der Waals surface area contributed by atoms with Crippen molar-refractivity contribution in [2.45, 2.75) is 19.9 Å². The molecule has 3 rings (SSSR count). The molecule has 1 heterocycles. The summed E-state index contributed by atoms with van der Waals surface area (Å²) in [6.45, 7) is 3.98. The predicted octanol–water partition coefficient (Wildman–Crippen LogP) is 3.63. The molecule has 1 unspecified atom stereocenters. The lowest BCUT2D eigenvalue weighted by Crippen LogP contribution is -2.45. The number of hydrogen-bond acceptors (Lipinski definition) is 3. The van der Waals surface area contributed by atoms with Gasteiger partial charge in [-0.15, -0.1) is 0 Å². The van der Waals surface area contributed by atoms with Gasteiger partial charge in [-0.2, -0.15) is 0 Å². The molecule has 0 saturated carbocycles. The van der Waals surface area contributed by atoms with Crippen LogP contribution in [-0.2, 0) is 4.79 Å². The summed E-state index contributed by atoms with van der Waals surface area (Å²) in [6, 6.07) is 8.91. The van der Waals surface area contributed by atoms with Gasteiger partial charge in [-0.05, 0) is 43.7 Å². The second kappa shape index (κ2) is 8.08. The van der Waals surface area contributed by atoms with Crippen LogP contribution in [0, 0.1) is 11.6 Å². The number of amides is 3. The smallest absolute Gasteiger partial charge is 0.319 e. The highest BCUT2D eigenvalue weighted by molar-refractivity contribution is 6.06. The van der Waals surface area contributed by atoms with E-state index in [9.17, 15) is 18.4 Å². The maximum absolute atomic E-state index is 13.4. The van der Waals surface area contributed by atoms with Crippen molar-refractivity contribution in [3.8, 4) is 5.75 Å². The molecule has 2 aromatic carbocycles. The molecule has 3 amide bonds. The van der Waals surface area contributed by atoms with Crippen molar-refractivity contribution in [3.63, 3.8) is 0 Å². The van der Waals surface area contributed by atoms with E-state index in [0.29, 0.717) is 23.6 Å². The topological polar surface area (TPSA) is 79.5 Å². The molecule has 0 saturated heterocycles. The summed E-state index contributed by atoms with van der Waals surface area (Å²) in [4.78, 5) is 24.8. The Morgan fingerprint density at radius 3 is 2.50 bits per heavy atom. The lowest BCUT2D eigenvalue weighted by Gasteiger charge is -2.28. The van der Waals surface area contributed by atoms with E-state index in [1.807, 2.05) is 6.92 Å². The second-order valence-electron chi connectivity index (χ2n) is 6.16. The van der Waals surface area contributed by atoms with Gasteiger partial charge in [-0.25, -0.2) is 13.6 Å². The minimum Gasteiger partial charge on any atom is -0.494 e. The average molecular weight is 387 g/mol. The Balaban J connectivity index is 1.90. The lowest BCUT2D eigenvalue weighted by molar-refractivity contribution is -0.113. The molecule has 28 heavy (non-hydrogen) atoms. The van der Waals surface area contributed by atoms with E-state index in [-0.39, 0.29) is 11.3 Å². The van der Waals surface area contributed by atoms with Crippen molar-refractivity contribution in [1.82, 2.24) is 10.6 Å². The van der Waals surface area contributed by atoms with Crippen molar-refractivity contribution in [2.24, 2.45) is 0 Å². The standard InChI is InChI=1S/C20H19F2N3O3/c1-3-28-14-7-4-12(5-8-14)18-17(11(2)23-20(27)25-18)19(26)24-13-6-9-15(21)16(22)10-13/h4-10,18H,3H2,1-2H3,(H,24,26)(H2,23,25,27). The van der Waals surface area contributed by atoms with Gasteiger partial charge in [0.1, 0.15) is 5.75 Å². The number of nitrogens with one attached hydrogen (secondary N) is 3. The van der Waals surface area contributed by atoms with Gasteiger partial charge in [-0.3, -0.25) is 4.79 Å². The van der Waals surface area contributed by atoms with Gasteiger partial charge in [0.2, 0.25) is 0 Å². The molecule has 2 aromatic rings.